The highest BCUT2D eigenvalue weighted by atomic mass is 19.3. The van der Waals surface area contributed by atoms with Gasteiger partial charge < -0.3 is 9.84 Å². The number of carboxylic acid groups (broad SMARTS) is 1. The van der Waals surface area contributed by atoms with E-state index in [1.807, 2.05) is 0 Å². The van der Waals surface area contributed by atoms with E-state index in [0.717, 1.165) is 12.8 Å². The van der Waals surface area contributed by atoms with Crippen molar-refractivity contribution in [3.63, 3.8) is 0 Å². The highest BCUT2D eigenvalue weighted by Gasteiger charge is 2.45. The summed E-state index contributed by atoms with van der Waals surface area (Å²) in [6, 6.07) is 4.50. The Labute approximate surface area is 110 Å². The molecule has 5 heteroatoms. The molecule has 1 saturated carbocycles. The minimum atomic E-state index is -2.75. The van der Waals surface area contributed by atoms with Crippen LogP contribution in [0.2, 0.25) is 0 Å². The van der Waals surface area contributed by atoms with E-state index in [0.29, 0.717) is 12.8 Å². The molecule has 0 radical (unpaired) electrons. The molecule has 3 nitrogen and oxygen atoms in total. The van der Waals surface area contributed by atoms with Crippen LogP contribution in [-0.2, 0) is 10.2 Å². The van der Waals surface area contributed by atoms with Gasteiger partial charge in [0.05, 0.1) is 18.1 Å². The summed E-state index contributed by atoms with van der Waals surface area (Å²) in [6.07, 6.45) is -0.467. The van der Waals surface area contributed by atoms with Crippen LogP contribution in [0, 0.1) is 0 Å². The summed E-state index contributed by atoms with van der Waals surface area (Å²) in [7, 11) is 1.31. The van der Waals surface area contributed by atoms with Crippen LogP contribution >= 0.6 is 0 Å². The molecule has 1 aliphatic carbocycles. The molecule has 2 rings (SSSR count). The Hall–Kier alpha value is -1.65. The topological polar surface area (TPSA) is 46.5 Å². The van der Waals surface area contributed by atoms with E-state index < -0.39 is 17.8 Å². The number of carboxylic acids is 1. The van der Waals surface area contributed by atoms with E-state index in [4.69, 9.17) is 4.74 Å². The average molecular weight is 270 g/mol. The van der Waals surface area contributed by atoms with Crippen LogP contribution in [0.1, 0.15) is 43.2 Å². The van der Waals surface area contributed by atoms with Crippen LogP contribution in [0.5, 0.6) is 5.75 Å². The van der Waals surface area contributed by atoms with Crippen LogP contribution in [-0.4, -0.2) is 18.2 Å². The monoisotopic (exact) mass is 270 g/mol. The van der Waals surface area contributed by atoms with Crippen molar-refractivity contribution in [3.8, 4) is 5.75 Å². The number of hydrogen-bond donors (Lipinski definition) is 1. The number of carbonyl (C=O) groups is 1. The maximum atomic E-state index is 13.3. The molecular formula is C14H16F2O3. The zero-order valence-electron chi connectivity index (χ0n) is 10.7. The van der Waals surface area contributed by atoms with E-state index in [1.165, 1.54) is 19.2 Å². The lowest BCUT2D eigenvalue weighted by atomic mass is 9.76. The van der Waals surface area contributed by atoms with Crippen LogP contribution in [0.3, 0.4) is 0 Å². The van der Waals surface area contributed by atoms with Crippen molar-refractivity contribution in [3.05, 3.63) is 29.3 Å². The van der Waals surface area contributed by atoms with Crippen molar-refractivity contribution < 1.29 is 23.4 Å². The molecule has 0 saturated heterocycles. The van der Waals surface area contributed by atoms with Crippen molar-refractivity contribution in [2.24, 2.45) is 0 Å². The van der Waals surface area contributed by atoms with Gasteiger partial charge in [0.1, 0.15) is 5.75 Å². The standard InChI is InChI=1S/C14H16F2O3/c1-19-10-6-4-5-9(11(10)12(15)16)14(13(17)18)7-2-3-8-14/h4-6,12H,2-3,7-8H2,1H3,(H,17,18). The number of halogens is 2. The van der Waals surface area contributed by atoms with Crippen LogP contribution in [0.15, 0.2) is 18.2 Å². The first-order chi connectivity index (χ1) is 9.03. The van der Waals surface area contributed by atoms with Gasteiger partial charge in [-0.05, 0) is 24.5 Å². The lowest BCUT2D eigenvalue weighted by Gasteiger charge is -2.27. The largest absolute Gasteiger partial charge is 0.496 e. The highest BCUT2D eigenvalue weighted by Crippen LogP contribution is 2.46. The number of benzene rings is 1. The summed E-state index contributed by atoms with van der Waals surface area (Å²) in [4.78, 5) is 11.6. The summed E-state index contributed by atoms with van der Waals surface area (Å²) >= 11 is 0. The number of hydrogen-bond acceptors (Lipinski definition) is 2. The van der Waals surface area contributed by atoms with Crippen molar-refractivity contribution in [1.29, 1.82) is 0 Å². The smallest absolute Gasteiger partial charge is 0.314 e. The van der Waals surface area contributed by atoms with Gasteiger partial charge in [-0.15, -0.1) is 0 Å². The zero-order valence-corrected chi connectivity index (χ0v) is 10.7. The van der Waals surface area contributed by atoms with Crippen LogP contribution < -0.4 is 4.74 Å². The molecule has 0 aliphatic heterocycles. The summed E-state index contributed by atoms with van der Waals surface area (Å²) in [5.41, 5.74) is -1.28. The quantitative estimate of drug-likeness (QED) is 0.910. The Kier molecular flexibility index (Phi) is 3.73. The fourth-order valence-corrected chi connectivity index (χ4v) is 2.94. The molecular weight excluding hydrogens is 254 g/mol. The summed E-state index contributed by atoms with van der Waals surface area (Å²) < 4.78 is 31.5. The maximum Gasteiger partial charge on any atom is 0.314 e. The molecule has 0 atom stereocenters. The second-order valence-corrected chi connectivity index (χ2v) is 4.82. The molecule has 19 heavy (non-hydrogen) atoms. The molecule has 1 N–H and O–H groups in total. The third kappa shape index (κ3) is 2.17. The highest BCUT2D eigenvalue weighted by molar-refractivity contribution is 5.82. The van der Waals surface area contributed by atoms with E-state index in [-0.39, 0.29) is 16.9 Å². The molecule has 0 unspecified atom stereocenters. The molecule has 1 aliphatic rings. The third-order valence-electron chi connectivity index (χ3n) is 3.89. The molecule has 0 heterocycles. The van der Waals surface area contributed by atoms with Gasteiger partial charge >= 0.3 is 5.97 Å². The van der Waals surface area contributed by atoms with Crippen molar-refractivity contribution in [1.82, 2.24) is 0 Å². The first-order valence-electron chi connectivity index (χ1n) is 6.22. The molecule has 0 aromatic heterocycles. The summed E-state index contributed by atoms with van der Waals surface area (Å²) in [5, 5.41) is 9.50. The van der Waals surface area contributed by atoms with Crippen molar-refractivity contribution in [2.45, 2.75) is 37.5 Å². The normalized spacial score (nSPS) is 17.7. The number of rotatable bonds is 4. The first kappa shape index (κ1) is 13.8. The Morgan fingerprint density at radius 2 is 2.00 bits per heavy atom. The Morgan fingerprint density at radius 1 is 1.37 bits per heavy atom. The summed E-state index contributed by atoms with van der Waals surface area (Å²) in [5.74, 6) is -0.972. The lowest BCUT2D eigenvalue weighted by Crippen LogP contribution is -2.34. The predicted molar refractivity (Wildman–Crippen MR) is 65.7 cm³/mol. The van der Waals surface area contributed by atoms with Crippen molar-refractivity contribution in [2.75, 3.05) is 7.11 Å². The van der Waals surface area contributed by atoms with E-state index >= 15 is 0 Å². The SMILES string of the molecule is COc1cccc(C2(C(=O)O)CCCC2)c1C(F)F. The molecule has 0 bridgehead atoms. The summed E-state index contributed by atoms with van der Waals surface area (Å²) in [6.45, 7) is 0. The van der Waals surface area contributed by atoms with Crippen LogP contribution in [0.4, 0.5) is 8.78 Å². The molecule has 0 amide bonds. The first-order valence-corrected chi connectivity index (χ1v) is 6.22. The van der Waals surface area contributed by atoms with Gasteiger partial charge in [0.15, 0.2) is 0 Å². The van der Waals surface area contributed by atoms with Gasteiger partial charge in [0.2, 0.25) is 0 Å². The van der Waals surface area contributed by atoms with Gasteiger partial charge in [-0.2, -0.15) is 0 Å². The van der Waals surface area contributed by atoms with Crippen LogP contribution in [0.25, 0.3) is 0 Å². The van der Waals surface area contributed by atoms with E-state index in [1.54, 1.807) is 6.07 Å². The molecule has 104 valence electrons. The molecule has 1 aromatic carbocycles. The average Bonchev–Trinajstić information content (AvgIpc) is 2.88. The van der Waals surface area contributed by atoms with Crippen molar-refractivity contribution >= 4 is 5.97 Å². The Morgan fingerprint density at radius 3 is 2.47 bits per heavy atom. The minimum absolute atomic E-state index is 0.0556. The third-order valence-corrected chi connectivity index (χ3v) is 3.89. The molecule has 1 aromatic rings. The Balaban J connectivity index is 2.63. The van der Waals surface area contributed by atoms with E-state index in [9.17, 15) is 18.7 Å². The fourth-order valence-electron chi connectivity index (χ4n) is 2.94. The lowest BCUT2D eigenvalue weighted by molar-refractivity contribution is -0.143. The number of aliphatic carboxylic acids is 1. The molecule has 1 fully saturated rings. The fraction of sp³-hybridized carbons (Fsp3) is 0.500. The van der Waals surface area contributed by atoms with Gasteiger partial charge in [-0.25, -0.2) is 8.78 Å². The zero-order chi connectivity index (χ0) is 14.0. The van der Waals surface area contributed by atoms with Gasteiger partial charge in [0.25, 0.3) is 6.43 Å². The Bertz CT molecular complexity index is 480. The van der Waals surface area contributed by atoms with Gasteiger partial charge in [-0.1, -0.05) is 25.0 Å². The number of alkyl halides is 2. The van der Waals surface area contributed by atoms with Gasteiger partial charge in [0, 0.05) is 0 Å². The maximum absolute atomic E-state index is 13.3. The second-order valence-electron chi connectivity index (χ2n) is 4.82. The second kappa shape index (κ2) is 5.15. The molecule has 0 spiro atoms. The van der Waals surface area contributed by atoms with E-state index in [2.05, 4.69) is 0 Å². The predicted octanol–water partition coefficient (Wildman–Crippen LogP) is 3.53. The number of ether oxygens (including phenoxy) is 1. The van der Waals surface area contributed by atoms with Gasteiger partial charge in [-0.3, -0.25) is 4.79 Å². The number of methoxy groups -OCH3 is 1. The minimum Gasteiger partial charge on any atom is -0.496 e.